The van der Waals surface area contributed by atoms with E-state index in [4.69, 9.17) is 4.98 Å². The minimum Gasteiger partial charge on any atom is -0.366 e. The van der Waals surface area contributed by atoms with Crippen LogP contribution < -0.4 is 15.1 Å². The zero-order valence-corrected chi connectivity index (χ0v) is 18.0. The summed E-state index contributed by atoms with van der Waals surface area (Å²) in [5.41, 5.74) is 2.86. The van der Waals surface area contributed by atoms with Crippen molar-refractivity contribution in [2.75, 3.05) is 28.2 Å². The van der Waals surface area contributed by atoms with Crippen molar-refractivity contribution in [1.82, 2.24) is 20.2 Å². The maximum Gasteiger partial charge on any atom is 0.329 e. The van der Waals surface area contributed by atoms with Crippen LogP contribution in [0.2, 0.25) is 0 Å². The van der Waals surface area contributed by atoms with E-state index in [-0.39, 0.29) is 17.9 Å². The van der Waals surface area contributed by atoms with E-state index in [1.807, 2.05) is 31.2 Å². The second-order valence-electron chi connectivity index (χ2n) is 9.07. The molecule has 5 heterocycles. The molecule has 0 spiro atoms. The molecule has 2 bridgehead atoms. The van der Waals surface area contributed by atoms with Crippen LogP contribution in [0.1, 0.15) is 48.3 Å². The number of H-pyrrole nitrogens is 1. The molecule has 1 atom stereocenters. The van der Waals surface area contributed by atoms with Gasteiger partial charge in [0.2, 0.25) is 0 Å². The first kappa shape index (κ1) is 19.2. The van der Waals surface area contributed by atoms with Gasteiger partial charge in [-0.1, -0.05) is 0 Å². The van der Waals surface area contributed by atoms with Gasteiger partial charge in [0, 0.05) is 25.2 Å². The fraction of sp³-hybridized carbons (Fsp3) is 0.435. The van der Waals surface area contributed by atoms with Crippen molar-refractivity contribution in [3.05, 3.63) is 35.7 Å². The number of carbonyl (C=O) groups excluding carboxylic acids is 2. The number of fused-ring (bicyclic) bond motifs is 5. The zero-order valence-electron chi connectivity index (χ0n) is 18.0. The van der Waals surface area contributed by atoms with Gasteiger partial charge in [0.25, 0.3) is 0 Å². The Labute approximate surface area is 185 Å². The van der Waals surface area contributed by atoms with E-state index < -0.39 is 0 Å². The molecule has 9 heteroatoms. The fourth-order valence-electron chi connectivity index (χ4n) is 4.79. The SMILES string of the molecule is Cc1ccc2c(NC(=O)N3c4nc(C(=O)CC5CC5)ccc4N4CCC[C@H]3C4)n[nH]c2n1. The molecule has 1 aliphatic carbocycles. The summed E-state index contributed by atoms with van der Waals surface area (Å²) in [6.45, 7) is 3.61. The number of rotatable bonds is 4. The van der Waals surface area contributed by atoms with E-state index in [0.29, 0.717) is 35.3 Å². The minimum atomic E-state index is -0.286. The summed E-state index contributed by atoms with van der Waals surface area (Å²) in [6.07, 6.45) is 4.68. The van der Waals surface area contributed by atoms with Crippen molar-refractivity contribution in [3.8, 4) is 0 Å². The number of hydrogen-bond acceptors (Lipinski definition) is 6. The van der Waals surface area contributed by atoms with E-state index in [9.17, 15) is 9.59 Å². The molecule has 0 radical (unpaired) electrons. The number of carbonyl (C=O) groups is 2. The summed E-state index contributed by atoms with van der Waals surface area (Å²) in [4.78, 5) is 39.4. The van der Waals surface area contributed by atoms with E-state index >= 15 is 0 Å². The van der Waals surface area contributed by atoms with Crippen LogP contribution in [0.4, 0.5) is 22.1 Å². The third-order valence-electron chi connectivity index (χ3n) is 6.65. The smallest absolute Gasteiger partial charge is 0.329 e. The van der Waals surface area contributed by atoms with Crippen molar-refractivity contribution in [1.29, 1.82) is 0 Å². The number of aryl methyl sites for hydroxylation is 1. The molecule has 32 heavy (non-hydrogen) atoms. The maximum absolute atomic E-state index is 13.5. The molecular formula is C23H25N7O2. The molecule has 2 amide bonds. The summed E-state index contributed by atoms with van der Waals surface area (Å²) >= 11 is 0. The Morgan fingerprint density at radius 1 is 1.16 bits per heavy atom. The molecule has 0 unspecified atom stereocenters. The lowest BCUT2D eigenvalue weighted by Gasteiger charge is -2.45. The molecule has 3 aliphatic rings. The quantitative estimate of drug-likeness (QED) is 0.611. The number of Topliss-reactive ketones (excluding diaryl/α,β-unsaturated/α-hetero) is 1. The number of hydrogen-bond donors (Lipinski definition) is 2. The standard InChI is InChI=1S/C23H25N7O2/c1-13-4-7-16-20(24-13)27-28-21(16)26-23(32)30-15-3-2-10-29(12-15)18-9-8-17(25-22(18)30)19(31)11-14-5-6-14/h4,7-9,14-15H,2-3,5-6,10-12H2,1H3,(H2,24,26,27,28,32)/t15-/m0/s1. The highest BCUT2D eigenvalue weighted by Gasteiger charge is 2.39. The number of aromatic amines is 1. The number of urea groups is 1. The van der Waals surface area contributed by atoms with Crippen LogP contribution in [0.5, 0.6) is 0 Å². The average molecular weight is 432 g/mol. The lowest BCUT2D eigenvalue weighted by atomic mass is 9.99. The van der Waals surface area contributed by atoms with Gasteiger partial charge < -0.3 is 4.90 Å². The van der Waals surface area contributed by atoms with Crippen molar-refractivity contribution in [2.45, 2.75) is 45.1 Å². The fourth-order valence-corrected chi connectivity index (χ4v) is 4.79. The summed E-state index contributed by atoms with van der Waals surface area (Å²) in [5.74, 6) is 1.56. The Kier molecular flexibility index (Phi) is 4.38. The molecule has 3 aromatic heterocycles. The van der Waals surface area contributed by atoms with Crippen LogP contribution in [0.15, 0.2) is 24.3 Å². The number of ketones is 1. The van der Waals surface area contributed by atoms with Gasteiger partial charge in [-0.2, -0.15) is 5.10 Å². The molecule has 1 saturated carbocycles. The third-order valence-corrected chi connectivity index (χ3v) is 6.65. The Morgan fingerprint density at radius 2 is 2.03 bits per heavy atom. The first-order valence-corrected chi connectivity index (χ1v) is 11.3. The number of piperidine rings is 1. The Bertz CT molecular complexity index is 1230. The number of anilines is 3. The van der Waals surface area contributed by atoms with E-state index in [1.54, 1.807) is 4.90 Å². The summed E-state index contributed by atoms with van der Waals surface area (Å²) < 4.78 is 0. The highest BCUT2D eigenvalue weighted by atomic mass is 16.2. The van der Waals surface area contributed by atoms with Crippen molar-refractivity contribution < 1.29 is 9.59 Å². The van der Waals surface area contributed by atoms with Crippen LogP contribution >= 0.6 is 0 Å². The number of nitrogens with zero attached hydrogens (tertiary/aromatic N) is 5. The first-order valence-electron chi connectivity index (χ1n) is 11.3. The predicted octanol–water partition coefficient (Wildman–Crippen LogP) is 3.67. The van der Waals surface area contributed by atoms with Gasteiger partial charge in [-0.15, -0.1) is 0 Å². The van der Waals surface area contributed by atoms with Gasteiger partial charge in [0.15, 0.2) is 23.1 Å². The molecule has 0 aromatic carbocycles. The van der Waals surface area contributed by atoms with Crippen LogP contribution in [0.3, 0.4) is 0 Å². The number of pyridine rings is 2. The topological polar surface area (TPSA) is 107 Å². The molecule has 2 N–H and O–H groups in total. The average Bonchev–Trinajstić information content (AvgIpc) is 3.52. The van der Waals surface area contributed by atoms with Crippen LogP contribution in [-0.4, -0.2) is 51.1 Å². The number of aromatic nitrogens is 4. The molecular weight excluding hydrogens is 406 g/mol. The molecule has 2 fully saturated rings. The highest BCUT2D eigenvalue weighted by Crippen LogP contribution is 2.39. The Balaban J connectivity index is 1.35. The second-order valence-corrected chi connectivity index (χ2v) is 9.07. The van der Waals surface area contributed by atoms with Crippen molar-refractivity contribution in [3.63, 3.8) is 0 Å². The molecule has 3 aromatic rings. The van der Waals surface area contributed by atoms with Gasteiger partial charge in [-0.25, -0.2) is 14.8 Å². The third kappa shape index (κ3) is 3.28. The second kappa shape index (κ2) is 7.29. The molecule has 1 saturated heterocycles. The Hall–Kier alpha value is -3.49. The monoisotopic (exact) mass is 431 g/mol. The number of nitrogens with one attached hydrogen (secondary N) is 2. The molecule has 2 aliphatic heterocycles. The lowest BCUT2D eigenvalue weighted by Crippen LogP contribution is -2.56. The van der Waals surface area contributed by atoms with E-state index in [0.717, 1.165) is 55.5 Å². The Morgan fingerprint density at radius 3 is 2.88 bits per heavy atom. The lowest BCUT2D eigenvalue weighted by molar-refractivity contribution is 0.0971. The van der Waals surface area contributed by atoms with E-state index in [2.05, 4.69) is 25.4 Å². The summed E-state index contributed by atoms with van der Waals surface area (Å²) in [5, 5.41) is 10.9. The van der Waals surface area contributed by atoms with Gasteiger partial charge in [-0.3, -0.25) is 20.1 Å². The van der Waals surface area contributed by atoms with Crippen LogP contribution in [0.25, 0.3) is 11.0 Å². The van der Waals surface area contributed by atoms with Crippen molar-refractivity contribution in [2.24, 2.45) is 5.92 Å². The van der Waals surface area contributed by atoms with Gasteiger partial charge in [0.05, 0.1) is 17.1 Å². The van der Waals surface area contributed by atoms with E-state index in [1.165, 1.54) is 0 Å². The van der Waals surface area contributed by atoms with Gasteiger partial charge in [-0.05, 0) is 62.8 Å². The van der Waals surface area contributed by atoms with Gasteiger partial charge >= 0.3 is 6.03 Å². The maximum atomic E-state index is 13.5. The molecule has 6 rings (SSSR count). The zero-order chi connectivity index (χ0) is 21.8. The predicted molar refractivity (Wildman–Crippen MR) is 121 cm³/mol. The van der Waals surface area contributed by atoms with Crippen LogP contribution in [-0.2, 0) is 0 Å². The highest BCUT2D eigenvalue weighted by molar-refractivity contribution is 6.07. The summed E-state index contributed by atoms with van der Waals surface area (Å²) in [6, 6.07) is 7.26. The largest absolute Gasteiger partial charge is 0.366 e. The minimum absolute atomic E-state index is 0.00288. The normalized spacial score (nSPS) is 19.7. The van der Waals surface area contributed by atoms with Gasteiger partial charge in [0.1, 0.15) is 5.69 Å². The summed E-state index contributed by atoms with van der Waals surface area (Å²) in [7, 11) is 0. The van der Waals surface area contributed by atoms with Crippen molar-refractivity contribution >= 4 is 40.2 Å². The molecule has 9 nitrogen and oxygen atoms in total. The number of amides is 2. The van der Waals surface area contributed by atoms with Crippen LogP contribution in [0, 0.1) is 12.8 Å². The first-order chi connectivity index (χ1) is 15.6. The molecule has 164 valence electrons.